The third-order valence-corrected chi connectivity index (χ3v) is 4.29. The molecule has 0 bridgehead atoms. The first-order valence-corrected chi connectivity index (χ1v) is 9.12. The fraction of sp³-hybridized carbons (Fsp3) is 0.235. The van der Waals surface area contributed by atoms with E-state index < -0.39 is 0 Å². The second kappa shape index (κ2) is 8.25. The van der Waals surface area contributed by atoms with Gasteiger partial charge in [0.2, 0.25) is 0 Å². The van der Waals surface area contributed by atoms with Gasteiger partial charge >= 0.3 is 0 Å². The van der Waals surface area contributed by atoms with E-state index in [1.165, 1.54) is 4.90 Å². The molecule has 0 saturated heterocycles. The highest BCUT2D eigenvalue weighted by molar-refractivity contribution is 9.09. The number of carbonyl (C=O) groups is 1. The van der Waals surface area contributed by atoms with Gasteiger partial charge in [-0.3, -0.25) is 4.79 Å². The molecule has 0 aliphatic rings. The summed E-state index contributed by atoms with van der Waals surface area (Å²) in [6, 6.07) is 17.9. The fourth-order valence-corrected chi connectivity index (χ4v) is 2.91. The molecule has 2 rings (SSSR count). The molecule has 2 aromatic carbocycles. The van der Waals surface area contributed by atoms with Crippen molar-refractivity contribution in [3.63, 3.8) is 0 Å². The lowest BCUT2D eigenvalue weighted by Crippen LogP contribution is -2.32. The largest absolute Gasteiger partial charge is 0.333 e. The maximum absolute atomic E-state index is 12.6. The molecule has 0 fully saturated rings. The van der Waals surface area contributed by atoms with Gasteiger partial charge in [0.15, 0.2) is 0 Å². The maximum atomic E-state index is 12.6. The van der Waals surface area contributed by atoms with Crippen molar-refractivity contribution in [2.75, 3.05) is 18.1 Å². The highest BCUT2D eigenvalue weighted by Crippen LogP contribution is 2.17. The highest BCUT2D eigenvalue weighted by atomic mass is 79.9. The van der Waals surface area contributed by atoms with Crippen LogP contribution in [0, 0.1) is 0 Å². The summed E-state index contributed by atoms with van der Waals surface area (Å²) in [5.41, 5.74) is 1.89. The first-order chi connectivity index (χ1) is 10.2. The van der Waals surface area contributed by atoms with Crippen LogP contribution in [0.15, 0.2) is 59.5 Å². The molecule has 0 spiro atoms. The molecule has 0 saturated carbocycles. The second-order valence-electron chi connectivity index (χ2n) is 4.63. The number of hydrogen-bond donors (Lipinski definition) is 0. The summed E-state index contributed by atoms with van der Waals surface area (Å²) in [4.78, 5) is 15.7. The van der Waals surface area contributed by atoms with E-state index in [2.05, 4.69) is 15.9 Å². The topological polar surface area (TPSA) is 20.3 Å². The highest BCUT2D eigenvalue weighted by Gasteiger charge is 2.15. The Balaban J connectivity index is 2.14. The second-order valence-corrected chi connectivity index (χ2v) is 6.30. The number of rotatable bonds is 6. The van der Waals surface area contributed by atoms with Crippen LogP contribution in [0.2, 0.25) is 0 Å². The Bertz CT molecular complexity index is 571. The van der Waals surface area contributed by atoms with Crippen molar-refractivity contribution >= 4 is 33.6 Å². The number of hydrogen-bond acceptors (Lipinski definition) is 2. The average Bonchev–Trinajstić information content (AvgIpc) is 2.55. The smallest absolute Gasteiger partial charge is 0.254 e. The van der Waals surface area contributed by atoms with Crippen molar-refractivity contribution in [2.24, 2.45) is 0 Å². The van der Waals surface area contributed by atoms with Crippen LogP contribution < -0.4 is 0 Å². The summed E-state index contributed by atoms with van der Waals surface area (Å²) in [6.45, 7) is 1.33. The third kappa shape index (κ3) is 4.61. The maximum Gasteiger partial charge on any atom is 0.254 e. The zero-order valence-corrected chi connectivity index (χ0v) is 14.4. The Hall–Kier alpha value is -1.26. The number of amides is 1. The summed E-state index contributed by atoms with van der Waals surface area (Å²) < 4.78 is 0. The van der Waals surface area contributed by atoms with Gasteiger partial charge in [0.05, 0.1) is 0 Å². The van der Waals surface area contributed by atoms with E-state index in [-0.39, 0.29) is 5.91 Å². The Morgan fingerprint density at radius 2 is 1.76 bits per heavy atom. The summed E-state index contributed by atoms with van der Waals surface area (Å²) >= 11 is 5.11. The fourth-order valence-electron chi connectivity index (χ4n) is 2.07. The lowest BCUT2D eigenvalue weighted by atomic mass is 10.1. The van der Waals surface area contributed by atoms with Gasteiger partial charge in [-0.1, -0.05) is 46.3 Å². The average molecular weight is 364 g/mol. The zero-order chi connectivity index (χ0) is 15.1. The van der Waals surface area contributed by atoms with Gasteiger partial charge in [-0.25, -0.2) is 0 Å². The van der Waals surface area contributed by atoms with Crippen molar-refractivity contribution < 1.29 is 4.79 Å². The van der Waals surface area contributed by atoms with Gasteiger partial charge in [0.25, 0.3) is 5.91 Å². The molecule has 1 amide bonds. The number of thioether (sulfide) groups is 1. The quantitative estimate of drug-likeness (QED) is 0.558. The Labute approximate surface area is 138 Å². The standard InChI is InChI=1S/C17H18BrNOS/c1-21-16-9-7-15(8-10-16)17(20)19(12-11-18)13-14-5-3-2-4-6-14/h2-10H,11-13H2,1H3. The predicted octanol–water partition coefficient (Wildman–Crippen LogP) is 4.45. The molecule has 0 atom stereocenters. The minimum atomic E-state index is 0.0750. The molecule has 0 aromatic heterocycles. The summed E-state index contributed by atoms with van der Waals surface area (Å²) in [5, 5.41) is 0.772. The number of alkyl halides is 1. The molecular formula is C17H18BrNOS. The van der Waals surface area contributed by atoms with E-state index in [0.29, 0.717) is 13.1 Å². The van der Waals surface area contributed by atoms with Gasteiger partial charge < -0.3 is 4.90 Å². The van der Waals surface area contributed by atoms with Crippen LogP contribution in [0.4, 0.5) is 0 Å². The van der Waals surface area contributed by atoms with Gasteiger partial charge in [-0.05, 0) is 36.1 Å². The molecule has 21 heavy (non-hydrogen) atoms. The van der Waals surface area contributed by atoms with E-state index in [0.717, 1.165) is 16.5 Å². The number of carbonyl (C=O) groups excluding carboxylic acids is 1. The molecule has 0 aliphatic heterocycles. The van der Waals surface area contributed by atoms with Crippen molar-refractivity contribution in [1.82, 2.24) is 4.90 Å². The lowest BCUT2D eigenvalue weighted by molar-refractivity contribution is 0.0754. The molecule has 2 nitrogen and oxygen atoms in total. The van der Waals surface area contributed by atoms with Gasteiger partial charge in [0, 0.05) is 28.9 Å². The molecule has 0 radical (unpaired) electrons. The minimum absolute atomic E-state index is 0.0750. The van der Waals surface area contributed by atoms with Crippen LogP contribution in [0.3, 0.4) is 0 Å². The van der Waals surface area contributed by atoms with Gasteiger partial charge in [-0.2, -0.15) is 0 Å². The predicted molar refractivity (Wildman–Crippen MR) is 93.2 cm³/mol. The number of nitrogens with zero attached hydrogens (tertiary/aromatic N) is 1. The summed E-state index contributed by atoms with van der Waals surface area (Å²) in [6.07, 6.45) is 2.03. The van der Waals surface area contributed by atoms with Gasteiger partial charge in [-0.15, -0.1) is 11.8 Å². The molecule has 0 unspecified atom stereocenters. The molecule has 110 valence electrons. The van der Waals surface area contributed by atoms with Crippen molar-refractivity contribution in [2.45, 2.75) is 11.4 Å². The van der Waals surface area contributed by atoms with E-state index in [1.807, 2.05) is 65.8 Å². The molecular weight excluding hydrogens is 346 g/mol. The Morgan fingerprint density at radius 3 is 2.33 bits per heavy atom. The van der Waals surface area contributed by atoms with Crippen LogP contribution >= 0.6 is 27.7 Å². The normalized spacial score (nSPS) is 10.4. The summed E-state index contributed by atoms with van der Waals surface area (Å²) in [7, 11) is 0. The molecule has 2 aromatic rings. The zero-order valence-electron chi connectivity index (χ0n) is 12.0. The first-order valence-electron chi connectivity index (χ1n) is 6.78. The van der Waals surface area contributed by atoms with Crippen LogP contribution in [0.1, 0.15) is 15.9 Å². The van der Waals surface area contributed by atoms with Crippen LogP contribution in [0.5, 0.6) is 0 Å². The third-order valence-electron chi connectivity index (χ3n) is 3.19. The van der Waals surface area contributed by atoms with E-state index in [9.17, 15) is 4.79 Å². The first kappa shape index (κ1) is 16.1. The van der Waals surface area contributed by atoms with Crippen LogP contribution in [-0.2, 0) is 6.54 Å². The monoisotopic (exact) mass is 363 g/mol. The lowest BCUT2D eigenvalue weighted by Gasteiger charge is -2.22. The van der Waals surface area contributed by atoms with Crippen LogP contribution in [-0.4, -0.2) is 28.9 Å². The molecule has 0 aliphatic carbocycles. The van der Waals surface area contributed by atoms with E-state index >= 15 is 0 Å². The van der Waals surface area contributed by atoms with Crippen molar-refractivity contribution in [1.29, 1.82) is 0 Å². The molecule has 4 heteroatoms. The summed E-state index contributed by atoms with van der Waals surface area (Å²) in [5.74, 6) is 0.0750. The SMILES string of the molecule is CSc1ccc(C(=O)N(CCBr)Cc2ccccc2)cc1. The minimum Gasteiger partial charge on any atom is -0.333 e. The molecule has 0 N–H and O–H groups in total. The van der Waals surface area contributed by atoms with E-state index in [1.54, 1.807) is 11.8 Å². The number of halogens is 1. The van der Waals surface area contributed by atoms with Crippen molar-refractivity contribution in [3.05, 3.63) is 65.7 Å². The van der Waals surface area contributed by atoms with Crippen molar-refractivity contribution in [3.8, 4) is 0 Å². The van der Waals surface area contributed by atoms with Crippen LogP contribution in [0.25, 0.3) is 0 Å². The Kier molecular flexibility index (Phi) is 6.33. The van der Waals surface area contributed by atoms with E-state index in [4.69, 9.17) is 0 Å². The Morgan fingerprint density at radius 1 is 1.10 bits per heavy atom. The van der Waals surface area contributed by atoms with Gasteiger partial charge in [0.1, 0.15) is 0 Å². The number of benzene rings is 2. The molecule has 0 heterocycles.